The largest absolute Gasteiger partial charge is 0.497 e. The van der Waals surface area contributed by atoms with Gasteiger partial charge in [0.15, 0.2) is 0 Å². The van der Waals surface area contributed by atoms with Gasteiger partial charge in [0.25, 0.3) is 5.91 Å². The zero-order valence-electron chi connectivity index (χ0n) is 11.3. The van der Waals surface area contributed by atoms with Crippen molar-refractivity contribution in [1.82, 2.24) is 4.90 Å². The van der Waals surface area contributed by atoms with E-state index < -0.39 is 0 Å². The van der Waals surface area contributed by atoms with Gasteiger partial charge in [0.05, 0.1) is 17.7 Å². The first-order valence-electron chi connectivity index (χ1n) is 6.45. The van der Waals surface area contributed by atoms with Crippen LogP contribution in [0.15, 0.2) is 18.2 Å². The minimum Gasteiger partial charge on any atom is -0.497 e. The molecule has 0 spiro atoms. The number of benzene rings is 1. The summed E-state index contributed by atoms with van der Waals surface area (Å²) in [6.07, 6.45) is 1.21. The first kappa shape index (κ1) is 14.7. The minimum atomic E-state index is -0.292. The van der Waals surface area contributed by atoms with Gasteiger partial charge in [-0.1, -0.05) is 11.6 Å². The average Bonchev–Trinajstić information content (AvgIpc) is 2.46. The third kappa shape index (κ3) is 3.04. The van der Waals surface area contributed by atoms with Crippen LogP contribution in [0.3, 0.4) is 0 Å². The van der Waals surface area contributed by atoms with Crippen LogP contribution in [0.25, 0.3) is 0 Å². The van der Waals surface area contributed by atoms with Crippen LogP contribution in [0.5, 0.6) is 5.75 Å². The van der Waals surface area contributed by atoms with Crippen molar-refractivity contribution in [3.8, 4) is 5.75 Å². The highest BCUT2D eigenvalue weighted by Crippen LogP contribution is 2.25. The number of halogens is 1. The van der Waals surface area contributed by atoms with Gasteiger partial charge in [-0.3, -0.25) is 9.59 Å². The molecule has 0 bridgehead atoms. The molecule has 2 rings (SSSR count). The predicted molar refractivity (Wildman–Crippen MR) is 75.8 cm³/mol. The first-order chi connectivity index (χ1) is 9.52. The number of rotatable bonds is 3. The predicted octanol–water partition coefficient (Wildman–Crippen LogP) is 1.69. The summed E-state index contributed by atoms with van der Waals surface area (Å²) in [7, 11) is 1.54. The molecule has 1 aliphatic heterocycles. The molecule has 2 N–H and O–H groups in total. The third-order valence-corrected chi connectivity index (χ3v) is 3.90. The molecule has 1 aromatic rings. The molecule has 2 amide bonds. The maximum Gasteiger partial charge on any atom is 0.255 e. The molecule has 1 saturated heterocycles. The Labute approximate surface area is 122 Å². The highest BCUT2D eigenvalue weighted by Gasteiger charge is 2.27. The Morgan fingerprint density at radius 3 is 2.50 bits per heavy atom. The van der Waals surface area contributed by atoms with Crippen molar-refractivity contribution in [3.63, 3.8) is 0 Å². The Balaban J connectivity index is 2.07. The summed E-state index contributed by atoms with van der Waals surface area (Å²) < 4.78 is 5.05. The fourth-order valence-corrected chi connectivity index (χ4v) is 2.59. The van der Waals surface area contributed by atoms with E-state index in [2.05, 4.69) is 0 Å². The lowest BCUT2D eigenvalue weighted by molar-refractivity contribution is -0.123. The summed E-state index contributed by atoms with van der Waals surface area (Å²) in [5.74, 6) is 0.0597. The highest BCUT2D eigenvalue weighted by molar-refractivity contribution is 6.34. The van der Waals surface area contributed by atoms with Crippen molar-refractivity contribution >= 4 is 23.4 Å². The molecule has 0 unspecified atom stereocenters. The zero-order valence-corrected chi connectivity index (χ0v) is 12.0. The average molecular weight is 297 g/mol. The molecule has 0 aromatic heterocycles. The molecule has 0 atom stereocenters. The van der Waals surface area contributed by atoms with Crippen LogP contribution in [-0.2, 0) is 4.79 Å². The number of hydrogen-bond acceptors (Lipinski definition) is 3. The molecule has 1 heterocycles. The Morgan fingerprint density at radius 1 is 1.35 bits per heavy atom. The molecular weight excluding hydrogens is 280 g/mol. The van der Waals surface area contributed by atoms with Crippen molar-refractivity contribution in [3.05, 3.63) is 28.8 Å². The molecular formula is C14H17ClN2O3. The molecule has 0 radical (unpaired) electrons. The number of methoxy groups -OCH3 is 1. The van der Waals surface area contributed by atoms with Crippen LogP contribution < -0.4 is 10.5 Å². The number of carbonyl (C=O) groups is 2. The monoisotopic (exact) mass is 296 g/mol. The van der Waals surface area contributed by atoms with Gasteiger partial charge in [-0.15, -0.1) is 0 Å². The molecule has 6 heteroatoms. The summed E-state index contributed by atoms with van der Waals surface area (Å²) >= 11 is 6.10. The number of carbonyl (C=O) groups excluding carboxylic acids is 2. The zero-order chi connectivity index (χ0) is 14.7. The maximum absolute atomic E-state index is 12.4. The Morgan fingerprint density at radius 2 is 2.00 bits per heavy atom. The first-order valence-corrected chi connectivity index (χ1v) is 6.83. The number of likely N-dealkylation sites (tertiary alicyclic amines) is 1. The Bertz CT molecular complexity index is 525. The second kappa shape index (κ2) is 6.13. The number of piperidine rings is 1. The quantitative estimate of drug-likeness (QED) is 0.922. The lowest BCUT2D eigenvalue weighted by Gasteiger charge is -2.30. The smallest absolute Gasteiger partial charge is 0.255 e. The van der Waals surface area contributed by atoms with E-state index in [4.69, 9.17) is 22.1 Å². The highest BCUT2D eigenvalue weighted by atomic mass is 35.5. The second-order valence-electron chi connectivity index (χ2n) is 4.81. The van der Waals surface area contributed by atoms with Crippen molar-refractivity contribution in [2.75, 3.05) is 20.2 Å². The van der Waals surface area contributed by atoms with E-state index in [1.807, 2.05) is 0 Å². The van der Waals surface area contributed by atoms with E-state index in [0.717, 1.165) is 0 Å². The van der Waals surface area contributed by atoms with E-state index >= 15 is 0 Å². The van der Waals surface area contributed by atoms with Crippen LogP contribution >= 0.6 is 11.6 Å². The van der Waals surface area contributed by atoms with Gasteiger partial charge in [-0.25, -0.2) is 0 Å². The van der Waals surface area contributed by atoms with Crippen molar-refractivity contribution in [1.29, 1.82) is 0 Å². The van der Waals surface area contributed by atoms with E-state index in [1.54, 1.807) is 30.2 Å². The number of amides is 2. The van der Waals surface area contributed by atoms with Crippen LogP contribution in [0.2, 0.25) is 5.02 Å². The van der Waals surface area contributed by atoms with Gasteiger partial charge in [-0.05, 0) is 31.0 Å². The minimum absolute atomic E-state index is 0.124. The Hall–Kier alpha value is -1.75. The molecule has 20 heavy (non-hydrogen) atoms. The summed E-state index contributed by atoms with van der Waals surface area (Å²) in [4.78, 5) is 25.2. The van der Waals surface area contributed by atoms with Gasteiger partial charge in [0.1, 0.15) is 5.75 Å². The number of nitrogens with zero attached hydrogens (tertiary/aromatic N) is 1. The summed E-state index contributed by atoms with van der Waals surface area (Å²) in [5.41, 5.74) is 5.73. The van der Waals surface area contributed by atoms with Gasteiger partial charge in [-0.2, -0.15) is 0 Å². The van der Waals surface area contributed by atoms with E-state index in [9.17, 15) is 9.59 Å². The summed E-state index contributed by atoms with van der Waals surface area (Å²) in [5, 5.41) is 0.367. The molecule has 108 valence electrons. The van der Waals surface area contributed by atoms with Crippen LogP contribution in [0, 0.1) is 5.92 Å². The van der Waals surface area contributed by atoms with E-state index in [0.29, 0.717) is 42.3 Å². The fourth-order valence-electron chi connectivity index (χ4n) is 2.33. The van der Waals surface area contributed by atoms with Crippen molar-refractivity contribution < 1.29 is 14.3 Å². The van der Waals surface area contributed by atoms with Gasteiger partial charge < -0.3 is 15.4 Å². The fraction of sp³-hybridized carbons (Fsp3) is 0.429. The molecule has 1 aromatic carbocycles. The molecule has 1 aliphatic rings. The Kier molecular flexibility index (Phi) is 4.49. The van der Waals surface area contributed by atoms with Crippen molar-refractivity contribution in [2.45, 2.75) is 12.8 Å². The lowest BCUT2D eigenvalue weighted by Crippen LogP contribution is -2.41. The SMILES string of the molecule is COc1ccc(C(=O)N2CCC(C(N)=O)CC2)c(Cl)c1. The summed E-state index contributed by atoms with van der Waals surface area (Å²) in [6.45, 7) is 1.05. The van der Waals surface area contributed by atoms with Crippen LogP contribution in [-0.4, -0.2) is 36.9 Å². The van der Waals surface area contributed by atoms with E-state index in [-0.39, 0.29) is 17.7 Å². The van der Waals surface area contributed by atoms with Crippen molar-refractivity contribution in [2.24, 2.45) is 11.7 Å². The van der Waals surface area contributed by atoms with Crippen LogP contribution in [0.1, 0.15) is 23.2 Å². The normalized spacial score (nSPS) is 16.0. The number of primary amides is 1. The van der Waals surface area contributed by atoms with Gasteiger partial charge in [0, 0.05) is 19.0 Å². The third-order valence-electron chi connectivity index (χ3n) is 3.59. The van der Waals surface area contributed by atoms with E-state index in [1.165, 1.54) is 0 Å². The number of hydrogen-bond donors (Lipinski definition) is 1. The standard InChI is InChI=1S/C14H17ClN2O3/c1-20-10-2-3-11(12(15)8-10)14(19)17-6-4-9(5-7-17)13(16)18/h2-3,8-9H,4-7H2,1H3,(H2,16,18). The van der Waals surface area contributed by atoms with Gasteiger partial charge in [0.2, 0.25) is 5.91 Å². The summed E-state index contributed by atoms with van der Waals surface area (Å²) in [6, 6.07) is 4.98. The second-order valence-corrected chi connectivity index (χ2v) is 5.22. The topological polar surface area (TPSA) is 72.6 Å². The molecule has 0 saturated carbocycles. The number of ether oxygens (including phenoxy) is 1. The molecule has 1 fully saturated rings. The molecule has 0 aliphatic carbocycles. The molecule has 5 nitrogen and oxygen atoms in total. The van der Waals surface area contributed by atoms with Gasteiger partial charge >= 0.3 is 0 Å². The number of nitrogens with two attached hydrogens (primary N) is 1. The lowest BCUT2D eigenvalue weighted by atomic mass is 9.96. The maximum atomic E-state index is 12.4. The van der Waals surface area contributed by atoms with Crippen LogP contribution in [0.4, 0.5) is 0 Å².